The van der Waals surface area contributed by atoms with Crippen LogP contribution in [0.5, 0.6) is 5.75 Å². The summed E-state index contributed by atoms with van der Waals surface area (Å²) >= 11 is 0. The number of methoxy groups -OCH3 is 1. The van der Waals surface area contributed by atoms with Crippen molar-refractivity contribution in [1.29, 1.82) is 0 Å². The SMILES string of the molecule is CCCN1CCCC(NC(=O)c2ccc(OC)c(N3CCOCC3)c2)C1. The minimum absolute atomic E-state index is 0.00510. The van der Waals surface area contributed by atoms with Gasteiger partial charge in [-0.1, -0.05) is 6.92 Å². The number of piperidine rings is 1. The third kappa shape index (κ3) is 4.68. The molecule has 2 saturated heterocycles. The Labute approximate surface area is 156 Å². The van der Waals surface area contributed by atoms with E-state index < -0.39 is 0 Å². The summed E-state index contributed by atoms with van der Waals surface area (Å²) in [6.07, 6.45) is 3.35. The lowest BCUT2D eigenvalue weighted by Gasteiger charge is -2.33. The van der Waals surface area contributed by atoms with E-state index in [1.54, 1.807) is 7.11 Å². The van der Waals surface area contributed by atoms with E-state index in [2.05, 4.69) is 22.0 Å². The Balaban J connectivity index is 1.68. The van der Waals surface area contributed by atoms with Crippen molar-refractivity contribution < 1.29 is 14.3 Å². The van der Waals surface area contributed by atoms with E-state index in [4.69, 9.17) is 9.47 Å². The molecule has 1 aromatic rings. The maximum absolute atomic E-state index is 12.8. The molecule has 6 nitrogen and oxygen atoms in total. The number of benzene rings is 1. The second-order valence-corrected chi connectivity index (χ2v) is 7.10. The third-order valence-corrected chi connectivity index (χ3v) is 5.17. The predicted molar refractivity (Wildman–Crippen MR) is 103 cm³/mol. The highest BCUT2D eigenvalue weighted by atomic mass is 16.5. The van der Waals surface area contributed by atoms with Gasteiger partial charge in [-0.15, -0.1) is 0 Å². The van der Waals surface area contributed by atoms with Crippen molar-refractivity contribution in [2.45, 2.75) is 32.2 Å². The van der Waals surface area contributed by atoms with Crippen LogP contribution < -0.4 is 15.0 Å². The molecule has 1 amide bonds. The molecule has 0 spiro atoms. The van der Waals surface area contributed by atoms with Gasteiger partial charge in [-0.05, 0) is 50.6 Å². The van der Waals surface area contributed by atoms with E-state index in [9.17, 15) is 4.79 Å². The summed E-state index contributed by atoms with van der Waals surface area (Å²) < 4.78 is 10.9. The summed E-state index contributed by atoms with van der Waals surface area (Å²) in [5.41, 5.74) is 1.67. The minimum atomic E-state index is 0.00510. The van der Waals surface area contributed by atoms with Gasteiger partial charge in [0, 0.05) is 31.2 Å². The first-order valence-electron chi connectivity index (χ1n) is 9.75. The molecular weight excluding hydrogens is 330 g/mol. The van der Waals surface area contributed by atoms with Crippen LogP contribution in [0.2, 0.25) is 0 Å². The van der Waals surface area contributed by atoms with Gasteiger partial charge in [-0.25, -0.2) is 0 Å². The maximum atomic E-state index is 12.8. The van der Waals surface area contributed by atoms with Crippen LogP contribution in [0.4, 0.5) is 5.69 Å². The molecule has 1 unspecified atom stereocenters. The molecule has 3 rings (SSSR count). The lowest BCUT2D eigenvalue weighted by molar-refractivity contribution is 0.0904. The average molecular weight is 361 g/mol. The van der Waals surface area contributed by atoms with E-state index in [0.29, 0.717) is 18.8 Å². The molecular formula is C20H31N3O3. The van der Waals surface area contributed by atoms with Crippen molar-refractivity contribution in [2.24, 2.45) is 0 Å². The van der Waals surface area contributed by atoms with E-state index in [1.807, 2.05) is 18.2 Å². The molecule has 144 valence electrons. The lowest BCUT2D eigenvalue weighted by atomic mass is 10.0. The number of likely N-dealkylation sites (tertiary alicyclic amines) is 1. The first-order chi connectivity index (χ1) is 12.7. The van der Waals surface area contributed by atoms with E-state index in [-0.39, 0.29) is 11.9 Å². The number of ether oxygens (including phenoxy) is 2. The smallest absolute Gasteiger partial charge is 0.251 e. The zero-order chi connectivity index (χ0) is 18.4. The standard InChI is InChI=1S/C20H31N3O3/c1-3-8-22-9-4-5-17(15-22)21-20(24)16-6-7-19(25-2)18(14-16)23-10-12-26-13-11-23/h6-7,14,17H,3-5,8-13,15H2,1-2H3,(H,21,24). The molecule has 2 fully saturated rings. The molecule has 0 aromatic heterocycles. The molecule has 1 atom stereocenters. The third-order valence-electron chi connectivity index (χ3n) is 5.17. The fraction of sp³-hybridized carbons (Fsp3) is 0.650. The van der Waals surface area contributed by atoms with E-state index in [1.165, 1.54) is 0 Å². The summed E-state index contributed by atoms with van der Waals surface area (Å²) in [7, 11) is 1.67. The second-order valence-electron chi connectivity index (χ2n) is 7.10. The predicted octanol–water partition coefficient (Wildman–Crippen LogP) is 2.14. The zero-order valence-electron chi connectivity index (χ0n) is 16.0. The molecule has 1 aromatic carbocycles. The van der Waals surface area contributed by atoms with E-state index in [0.717, 1.165) is 63.4 Å². The number of amides is 1. The number of nitrogens with zero attached hydrogens (tertiary/aromatic N) is 2. The highest BCUT2D eigenvalue weighted by Crippen LogP contribution is 2.30. The molecule has 0 saturated carbocycles. The van der Waals surface area contributed by atoms with Crippen molar-refractivity contribution in [2.75, 3.05) is 57.9 Å². The van der Waals surface area contributed by atoms with Crippen molar-refractivity contribution >= 4 is 11.6 Å². The van der Waals surface area contributed by atoms with Crippen LogP contribution in [0.1, 0.15) is 36.5 Å². The van der Waals surface area contributed by atoms with Crippen molar-refractivity contribution in [3.8, 4) is 5.75 Å². The van der Waals surface area contributed by atoms with Crippen molar-refractivity contribution in [3.63, 3.8) is 0 Å². The number of hydrogen-bond donors (Lipinski definition) is 1. The van der Waals surface area contributed by atoms with Gasteiger partial charge in [0.1, 0.15) is 5.75 Å². The lowest BCUT2D eigenvalue weighted by Crippen LogP contribution is -2.47. The van der Waals surface area contributed by atoms with Crippen LogP contribution in [-0.2, 0) is 4.74 Å². The number of anilines is 1. The summed E-state index contributed by atoms with van der Waals surface area (Å²) in [5.74, 6) is 0.806. The average Bonchev–Trinajstić information content (AvgIpc) is 2.68. The largest absolute Gasteiger partial charge is 0.495 e. The molecule has 0 bridgehead atoms. The Morgan fingerprint density at radius 3 is 2.85 bits per heavy atom. The van der Waals surface area contributed by atoms with Crippen molar-refractivity contribution in [3.05, 3.63) is 23.8 Å². The second kappa shape index (κ2) is 9.24. The van der Waals surface area contributed by atoms with Crippen molar-refractivity contribution in [1.82, 2.24) is 10.2 Å². The molecule has 0 aliphatic carbocycles. The van der Waals surface area contributed by atoms with Gasteiger partial charge in [0.15, 0.2) is 0 Å². The van der Waals surface area contributed by atoms with Gasteiger partial charge in [0.05, 0.1) is 26.0 Å². The molecule has 2 heterocycles. The first-order valence-corrected chi connectivity index (χ1v) is 9.75. The van der Waals surface area contributed by atoms with Gasteiger partial charge in [-0.2, -0.15) is 0 Å². The topological polar surface area (TPSA) is 54.0 Å². The highest BCUT2D eigenvalue weighted by Gasteiger charge is 2.23. The zero-order valence-corrected chi connectivity index (χ0v) is 16.0. The summed E-state index contributed by atoms with van der Waals surface area (Å²) in [5, 5.41) is 3.23. The fourth-order valence-electron chi connectivity index (χ4n) is 3.84. The highest BCUT2D eigenvalue weighted by molar-refractivity contribution is 5.96. The van der Waals surface area contributed by atoms with Crippen LogP contribution in [0.25, 0.3) is 0 Å². The van der Waals surface area contributed by atoms with Crippen LogP contribution >= 0.6 is 0 Å². The molecule has 0 radical (unpaired) electrons. The number of carbonyl (C=O) groups excluding carboxylic acids is 1. The van der Waals surface area contributed by atoms with Gasteiger partial charge >= 0.3 is 0 Å². The Bertz CT molecular complexity index is 600. The number of rotatable bonds is 6. The summed E-state index contributed by atoms with van der Waals surface area (Å²) in [6, 6.07) is 5.93. The molecule has 2 aliphatic heterocycles. The Kier molecular flexibility index (Phi) is 6.74. The monoisotopic (exact) mass is 361 g/mol. The van der Waals surface area contributed by atoms with Gasteiger partial charge < -0.3 is 24.6 Å². The van der Waals surface area contributed by atoms with Crippen LogP contribution in [0, 0.1) is 0 Å². The van der Waals surface area contributed by atoms with E-state index >= 15 is 0 Å². The fourth-order valence-corrected chi connectivity index (χ4v) is 3.84. The first kappa shape index (κ1) is 19.0. The Morgan fingerprint density at radius 1 is 1.31 bits per heavy atom. The van der Waals surface area contributed by atoms with Gasteiger partial charge in [0.25, 0.3) is 5.91 Å². The minimum Gasteiger partial charge on any atom is -0.495 e. The number of nitrogens with one attached hydrogen (secondary N) is 1. The molecule has 1 N–H and O–H groups in total. The maximum Gasteiger partial charge on any atom is 0.251 e. The summed E-state index contributed by atoms with van der Waals surface area (Å²) in [6.45, 7) is 8.44. The molecule has 2 aliphatic rings. The number of morpholine rings is 1. The summed E-state index contributed by atoms with van der Waals surface area (Å²) in [4.78, 5) is 17.5. The molecule has 6 heteroatoms. The number of hydrogen-bond acceptors (Lipinski definition) is 5. The van der Waals surface area contributed by atoms with Gasteiger partial charge in [0.2, 0.25) is 0 Å². The van der Waals surface area contributed by atoms with Gasteiger partial charge in [-0.3, -0.25) is 4.79 Å². The Morgan fingerprint density at radius 2 is 2.12 bits per heavy atom. The molecule has 26 heavy (non-hydrogen) atoms. The van der Waals surface area contributed by atoms with Crippen LogP contribution in [-0.4, -0.2) is 69.9 Å². The quantitative estimate of drug-likeness (QED) is 0.841. The normalized spacial score (nSPS) is 21.5. The number of carbonyl (C=O) groups is 1. The van der Waals surface area contributed by atoms with Crippen LogP contribution in [0.15, 0.2) is 18.2 Å². The van der Waals surface area contributed by atoms with Crippen LogP contribution in [0.3, 0.4) is 0 Å². The Hall–Kier alpha value is -1.79.